The smallest absolute Gasteiger partial charge is 0.330 e. The first-order valence-electron chi connectivity index (χ1n) is 12.8. The number of aromatic nitrogens is 3. The van der Waals surface area contributed by atoms with E-state index in [0.717, 1.165) is 5.52 Å². The summed E-state index contributed by atoms with van der Waals surface area (Å²) < 4.78 is 27.1. The predicted molar refractivity (Wildman–Crippen MR) is 150 cm³/mol. The highest BCUT2D eigenvalue weighted by atomic mass is 35.5. The van der Waals surface area contributed by atoms with Crippen molar-refractivity contribution in [2.24, 2.45) is 0 Å². The second-order valence-electron chi connectivity index (χ2n) is 10.3. The third-order valence-electron chi connectivity index (χ3n) is 7.27. The van der Waals surface area contributed by atoms with Crippen LogP contribution in [0.1, 0.15) is 29.5 Å². The lowest BCUT2D eigenvalue weighted by Gasteiger charge is -2.30. The number of nitrogens with zero attached hydrogens (tertiary/aromatic N) is 3. The number of anilines is 1. The molecule has 0 saturated carbocycles. The van der Waals surface area contributed by atoms with Crippen molar-refractivity contribution in [3.63, 3.8) is 0 Å². The molecular formula is C29H27ClFN5O4. The van der Waals surface area contributed by atoms with E-state index in [2.05, 4.69) is 15.0 Å². The molecule has 0 spiro atoms. The quantitative estimate of drug-likeness (QED) is 0.274. The van der Waals surface area contributed by atoms with Crippen LogP contribution in [0.3, 0.4) is 0 Å². The number of likely N-dealkylation sites (N-methyl/N-ethyl adjacent to an activating group) is 1. The molecule has 206 valence electrons. The van der Waals surface area contributed by atoms with Crippen molar-refractivity contribution in [3.8, 4) is 0 Å². The molecule has 2 N–H and O–H groups in total. The SMILES string of the molecule is CC(CN(C)C)OC(=O)C1C(c2ccc[nH]c2=O)c2c(cc(F)c3ccoc23)N1Cc1cc2[nH]cnc2cc1Cl. The van der Waals surface area contributed by atoms with E-state index < -0.39 is 29.9 Å². The van der Waals surface area contributed by atoms with Gasteiger partial charge in [0, 0.05) is 41.1 Å². The Balaban J connectivity index is 1.56. The van der Waals surface area contributed by atoms with Crippen LogP contribution in [0.5, 0.6) is 0 Å². The molecule has 0 bridgehead atoms. The molecule has 0 saturated heterocycles. The minimum absolute atomic E-state index is 0.134. The first-order chi connectivity index (χ1) is 19.2. The van der Waals surface area contributed by atoms with Gasteiger partial charge in [-0.05, 0) is 56.9 Å². The number of esters is 1. The van der Waals surface area contributed by atoms with E-state index in [1.54, 1.807) is 29.4 Å². The van der Waals surface area contributed by atoms with E-state index in [1.807, 2.05) is 32.0 Å². The van der Waals surface area contributed by atoms with Crippen molar-refractivity contribution in [1.82, 2.24) is 19.9 Å². The minimum atomic E-state index is -1.01. The second kappa shape index (κ2) is 10.1. The lowest BCUT2D eigenvalue weighted by molar-refractivity contribution is -0.150. The summed E-state index contributed by atoms with van der Waals surface area (Å²) in [6, 6.07) is 8.87. The lowest BCUT2D eigenvalue weighted by Crippen LogP contribution is -2.44. The Morgan fingerprint density at radius 2 is 2.10 bits per heavy atom. The molecule has 11 heteroatoms. The number of halogens is 2. The molecule has 1 aliphatic heterocycles. The van der Waals surface area contributed by atoms with Crippen molar-refractivity contribution in [3.05, 3.63) is 93.1 Å². The molecule has 6 rings (SSSR count). The Bertz CT molecular complexity index is 1790. The van der Waals surface area contributed by atoms with Gasteiger partial charge < -0.3 is 28.9 Å². The number of H-pyrrole nitrogens is 2. The molecule has 2 aromatic carbocycles. The van der Waals surface area contributed by atoms with Crippen LogP contribution in [0.15, 0.2) is 64.4 Å². The number of rotatable bonds is 7. The number of ether oxygens (including phenoxy) is 1. The lowest BCUT2D eigenvalue weighted by atomic mass is 9.87. The Labute approximate surface area is 233 Å². The van der Waals surface area contributed by atoms with Gasteiger partial charge in [0.25, 0.3) is 5.56 Å². The van der Waals surface area contributed by atoms with Gasteiger partial charge >= 0.3 is 5.97 Å². The van der Waals surface area contributed by atoms with Gasteiger partial charge in [0.2, 0.25) is 0 Å². The Kier molecular flexibility index (Phi) is 6.59. The topological polar surface area (TPSA) is 107 Å². The van der Waals surface area contributed by atoms with Crippen molar-refractivity contribution < 1.29 is 18.3 Å². The zero-order valence-electron chi connectivity index (χ0n) is 22.1. The molecule has 3 unspecified atom stereocenters. The van der Waals surface area contributed by atoms with Gasteiger partial charge in [0.1, 0.15) is 23.5 Å². The average molecular weight is 564 g/mol. The summed E-state index contributed by atoms with van der Waals surface area (Å²) in [7, 11) is 3.77. The molecular weight excluding hydrogens is 537 g/mol. The maximum absolute atomic E-state index is 15.4. The summed E-state index contributed by atoms with van der Waals surface area (Å²) in [5, 5.41) is 0.706. The normalized spacial score (nSPS) is 17.6. The number of carbonyl (C=O) groups is 1. The van der Waals surface area contributed by atoms with Crippen LogP contribution >= 0.6 is 11.6 Å². The molecule has 4 heterocycles. The summed E-state index contributed by atoms with van der Waals surface area (Å²) in [4.78, 5) is 40.9. The van der Waals surface area contributed by atoms with Crippen LogP contribution in [0.4, 0.5) is 10.1 Å². The third kappa shape index (κ3) is 4.43. The fourth-order valence-corrected chi connectivity index (χ4v) is 5.92. The van der Waals surface area contributed by atoms with Crippen molar-refractivity contribution in [1.29, 1.82) is 0 Å². The fourth-order valence-electron chi connectivity index (χ4n) is 5.70. The second-order valence-corrected chi connectivity index (χ2v) is 10.7. The molecule has 3 atom stereocenters. The summed E-state index contributed by atoms with van der Waals surface area (Å²) in [6.45, 7) is 2.44. The minimum Gasteiger partial charge on any atom is -0.464 e. The number of furan rings is 1. The van der Waals surface area contributed by atoms with Crippen LogP contribution in [0.25, 0.3) is 22.0 Å². The molecule has 5 aromatic rings. The number of fused-ring (bicyclic) bond motifs is 4. The van der Waals surface area contributed by atoms with Crippen molar-refractivity contribution >= 4 is 45.3 Å². The number of benzene rings is 2. The summed E-state index contributed by atoms with van der Waals surface area (Å²) >= 11 is 6.67. The molecule has 0 aliphatic carbocycles. The van der Waals surface area contributed by atoms with Crippen LogP contribution in [-0.4, -0.2) is 58.6 Å². The number of imidazole rings is 1. The molecule has 0 radical (unpaired) electrons. The zero-order chi connectivity index (χ0) is 28.1. The van der Waals surface area contributed by atoms with Gasteiger partial charge in [-0.1, -0.05) is 17.7 Å². The molecule has 0 fully saturated rings. The van der Waals surface area contributed by atoms with Gasteiger partial charge in [-0.25, -0.2) is 14.2 Å². The van der Waals surface area contributed by atoms with E-state index in [9.17, 15) is 9.59 Å². The third-order valence-corrected chi connectivity index (χ3v) is 7.62. The number of aromatic amines is 2. The van der Waals surface area contributed by atoms with Crippen molar-refractivity contribution in [2.45, 2.75) is 31.5 Å². The molecule has 9 nitrogen and oxygen atoms in total. The fraction of sp³-hybridized carbons (Fsp3) is 0.276. The highest BCUT2D eigenvalue weighted by Crippen LogP contribution is 2.49. The first kappa shape index (κ1) is 26.1. The Hall–Kier alpha value is -4.15. The number of nitrogens with one attached hydrogen (secondary N) is 2. The predicted octanol–water partition coefficient (Wildman–Crippen LogP) is 4.80. The summed E-state index contributed by atoms with van der Waals surface area (Å²) in [6.07, 6.45) is 4.06. The Morgan fingerprint density at radius 3 is 2.88 bits per heavy atom. The van der Waals surface area contributed by atoms with Gasteiger partial charge in [-0.15, -0.1) is 0 Å². The molecule has 40 heavy (non-hydrogen) atoms. The highest BCUT2D eigenvalue weighted by molar-refractivity contribution is 6.32. The van der Waals surface area contributed by atoms with Crippen molar-refractivity contribution in [2.75, 3.05) is 25.5 Å². The summed E-state index contributed by atoms with van der Waals surface area (Å²) in [5.74, 6) is -1.85. The van der Waals surface area contributed by atoms with Crippen LogP contribution < -0.4 is 10.5 Å². The number of hydrogen-bond donors (Lipinski definition) is 2. The van der Waals surface area contributed by atoms with E-state index >= 15 is 4.39 Å². The van der Waals surface area contributed by atoms with E-state index in [1.165, 1.54) is 24.6 Å². The maximum atomic E-state index is 15.4. The number of carbonyl (C=O) groups excluding carboxylic acids is 1. The van der Waals surface area contributed by atoms with Crippen LogP contribution in [0.2, 0.25) is 5.02 Å². The van der Waals surface area contributed by atoms with Crippen LogP contribution in [-0.2, 0) is 16.1 Å². The van der Waals surface area contributed by atoms with Crippen LogP contribution in [0, 0.1) is 5.82 Å². The molecule has 1 aliphatic rings. The average Bonchev–Trinajstić information content (AvgIpc) is 3.62. The number of hydrogen-bond acceptors (Lipinski definition) is 7. The standard InChI is InChI=1S/C29H27ClFN5O4/c1-15(12-35(2)3)40-29(38)26-24(18-5-4-7-32-28(18)37)25-23(11-20(31)17-6-8-39-27(17)25)36(26)13-16-9-21-22(10-19(16)30)34-14-33-21/h4-11,14-15,24,26H,12-13H2,1-3H3,(H,32,37)(H,33,34). The van der Waals surface area contributed by atoms with Gasteiger partial charge in [-0.3, -0.25) is 4.79 Å². The van der Waals surface area contributed by atoms with Gasteiger partial charge in [-0.2, -0.15) is 0 Å². The highest BCUT2D eigenvalue weighted by Gasteiger charge is 2.48. The van der Waals surface area contributed by atoms with Gasteiger partial charge in [0.05, 0.1) is 34.9 Å². The monoisotopic (exact) mass is 563 g/mol. The van der Waals surface area contributed by atoms with E-state index in [-0.39, 0.29) is 23.1 Å². The van der Waals surface area contributed by atoms with Gasteiger partial charge in [0.15, 0.2) is 0 Å². The van der Waals surface area contributed by atoms with E-state index in [4.69, 9.17) is 20.8 Å². The first-order valence-corrected chi connectivity index (χ1v) is 13.2. The largest absolute Gasteiger partial charge is 0.464 e. The Morgan fingerprint density at radius 1 is 1.27 bits per heavy atom. The van der Waals surface area contributed by atoms with E-state index in [0.29, 0.717) is 39.5 Å². The molecule has 3 aromatic heterocycles. The number of pyridine rings is 1. The summed E-state index contributed by atoms with van der Waals surface area (Å²) in [5.41, 5.74) is 3.37. The molecule has 0 amide bonds. The maximum Gasteiger partial charge on any atom is 0.330 e. The zero-order valence-corrected chi connectivity index (χ0v) is 22.8.